The topological polar surface area (TPSA) is 21.3 Å². The van der Waals surface area contributed by atoms with E-state index in [0.717, 1.165) is 12.4 Å². The van der Waals surface area contributed by atoms with Crippen molar-refractivity contribution in [3.05, 3.63) is 0 Å². The fourth-order valence-corrected chi connectivity index (χ4v) is 3.41. The van der Waals surface area contributed by atoms with Crippen LogP contribution < -0.4 is 5.32 Å². The number of nitrogens with one attached hydrogen (secondary N) is 1. The third-order valence-corrected chi connectivity index (χ3v) is 4.85. The van der Waals surface area contributed by atoms with Gasteiger partial charge in [0.15, 0.2) is 0 Å². The average Bonchev–Trinajstić information content (AvgIpc) is 2.94. The lowest BCUT2D eigenvalue weighted by atomic mass is 10.0. The van der Waals surface area contributed by atoms with Crippen molar-refractivity contribution in [2.45, 2.75) is 31.4 Å². The molecule has 2 spiro atoms. The van der Waals surface area contributed by atoms with Crippen LogP contribution >= 0.6 is 11.8 Å². The molecular weight excluding hydrogens is 182 g/mol. The quantitative estimate of drug-likeness (QED) is 0.640. The minimum atomic E-state index is 0.0662. The third kappa shape index (κ3) is 1.51. The van der Waals surface area contributed by atoms with Gasteiger partial charge in [0.2, 0.25) is 0 Å². The van der Waals surface area contributed by atoms with E-state index in [9.17, 15) is 0 Å². The summed E-state index contributed by atoms with van der Waals surface area (Å²) in [5.74, 6) is 2.47. The van der Waals surface area contributed by atoms with Gasteiger partial charge in [0.05, 0.1) is 6.61 Å². The number of ether oxygens (including phenoxy) is 1. The smallest absolute Gasteiger partial charge is 0.128 e. The minimum absolute atomic E-state index is 0.0662. The van der Waals surface area contributed by atoms with Crippen molar-refractivity contribution in [3.63, 3.8) is 0 Å². The first kappa shape index (κ1) is 8.57. The molecule has 2 aliphatic heterocycles. The van der Waals surface area contributed by atoms with Gasteiger partial charge in [-0.2, -0.15) is 11.8 Å². The Morgan fingerprint density at radius 2 is 2.15 bits per heavy atom. The predicted molar refractivity (Wildman–Crippen MR) is 54.9 cm³/mol. The molecule has 2 nitrogen and oxygen atoms in total. The molecule has 0 aromatic rings. The van der Waals surface area contributed by atoms with Crippen LogP contribution in [0.3, 0.4) is 0 Å². The summed E-state index contributed by atoms with van der Waals surface area (Å²) in [7, 11) is 0. The Labute approximate surface area is 83.8 Å². The van der Waals surface area contributed by atoms with Crippen LogP contribution in [0.25, 0.3) is 0 Å². The van der Waals surface area contributed by atoms with Gasteiger partial charge < -0.3 is 4.74 Å². The van der Waals surface area contributed by atoms with Gasteiger partial charge in [-0.25, -0.2) is 0 Å². The Hall–Kier alpha value is 0.270. The Morgan fingerprint density at radius 1 is 1.23 bits per heavy atom. The molecule has 1 saturated carbocycles. The second-order valence-electron chi connectivity index (χ2n) is 4.79. The standard InChI is InChI=1S/C10H17NOS/c1-2-10(8-13-5-1)11-6-9(3-4-9)7-12-10/h11H,1-8H2. The van der Waals surface area contributed by atoms with Crippen LogP contribution in [0.2, 0.25) is 0 Å². The zero-order valence-electron chi connectivity index (χ0n) is 7.97. The van der Waals surface area contributed by atoms with E-state index in [0.29, 0.717) is 5.41 Å². The highest BCUT2D eigenvalue weighted by Crippen LogP contribution is 2.49. The van der Waals surface area contributed by atoms with Crippen molar-refractivity contribution in [1.82, 2.24) is 5.32 Å². The van der Waals surface area contributed by atoms with E-state index in [2.05, 4.69) is 5.32 Å². The SMILES string of the molecule is C1CSCC2(C1)NCC1(CC1)CO2. The summed E-state index contributed by atoms with van der Waals surface area (Å²) in [6.45, 7) is 2.22. The second-order valence-corrected chi connectivity index (χ2v) is 5.90. The van der Waals surface area contributed by atoms with Crippen LogP contribution in [0.1, 0.15) is 25.7 Å². The van der Waals surface area contributed by atoms with Crippen molar-refractivity contribution in [1.29, 1.82) is 0 Å². The highest BCUT2D eigenvalue weighted by atomic mass is 32.2. The third-order valence-electron chi connectivity index (χ3n) is 3.60. The Kier molecular flexibility index (Phi) is 1.90. The molecule has 1 N–H and O–H groups in total. The predicted octanol–water partition coefficient (Wildman–Crippen LogP) is 1.61. The molecular formula is C10H17NOS. The fourth-order valence-electron chi connectivity index (χ4n) is 2.26. The van der Waals surface area contributed by atoms with Crippen LogP contribution in [0.15, 0.2) is 0 Å². The van der Waals surface area contributed by atoms with E-state index in [1.807, 2.05) is 11.8 Å². The molecule has 0 aromatic carbocycles. The van der Waals surface area contributed by atoms with Crippen molar-refractivity contribution < 1.29 is 4.74 Å². The van der Waals surface area contributed by atoms with Crippen LogP contribution in [-0.2, 0) is 4.74 Å². The maximum Gasteiger partial charge on any atom is 0.128 e. The molecule has 0 radical (unpaired) electrons. The van der Waals surface area contributed by atoms with Crippen LogP contribution in [0.5, 0.6) is 0 Å². The van der Waals surface area contributed by atoms with Crippen molar-refractivity contribution >= 4 is 11.8 Å². The van der Waals surface area contributed by atoms with Crippen molar-refractivity contribution in [2.24, 2.45) is 5.41 Å². The minimum Gasteiger partial charge on any atom is -0.359 e. The molecule has 1 unspecified atom stereocenters. The first-order chi connectivity index (χ1) is 6.33. The number of thioether (sulfide) groups is 1. The second kappa shape index (κ2) is 2.88. The Morgan fingerprint density at radius 3 is 2.69 bits per heavy atom. The van der Waals surface area contributed by atoms with E-state index in [4.69, 9.17) is 4.74 Å². The summed E-state index contributed by atoms with van der Waals surface area (Å²) in [4.78, 5) is 0. The van der Waals surface area contributed by atoms with E-state index in [1.165, 1.54) is 38.0 Å². The van der Waals surface area contributed by atoms with Gasteiger partial charge in [-0.1, -0.05) is 0 Å². The molecule has 0 aromatic heterocycles. The summed E-state index contributed by atoms with van der Waals surface area (Å²) >= 11 is 2.03. The van der Waals surface area contributed by atoms with Gasteiger partial charge in [0.25, 0.3) is 0 Å². The van der Waals surface area contributed by atoms with Gasteiger partial charge >= 0.3 is 0 Å². The number of hydrogen-bond acceptors (Lipinski definition) is 3. The van der Waals surface area contributed by atoms with Gasteiger partial charge in [-0.05, 0) is 31.4 Å². The van der Waals surface area contributed by atoms with Crippen LogP contribution in [0.4, 0.5) is 0 Å². The molecule has 0 amide bonds. The van der Waals surface area contributed by atoms with Gasteiger partial charge in [0.1, 0.15) is 5.72 Å². The zero-order chi connectivity index (χ0) is 8.78. The average molecular weight is 199 g/mol. The molecule has 1 aliphatic carbocycles. The summed E-state index contributed by atoms with van der Waals surface area (Å²) in [6, 6.07) is 0. The Balaban J connectivity index is 1.65. The number of hydrogen-bond donors (Lipinski definition) is 1. The number of rotatable bonds is 0. The summed E-state index contributed by atoms with van der Waals surface area (Å²) in [6.07, 6.45) is 5.28. The van der Waals surface area contributed by atoms with E-state index < -0.39 is 0 Å². The highest BCUT2D eigenvalue weighted by Gasteiger charge is 2.50. The largest absolute Gasteiger partial charge is 0.359 e. The first-order valence-corrected chi connectivity index (χ1v) is 6.45. The summed E-state index contributed by atoms with van der Waals surface area (Å²) in [5, 5.41) is 3.64. The van der Waals surface area contributed by atoms with E-state index in [-0.39, 0.29) is 5.72 Å². The molecule has 0 bridgehead atoms. The molecule has 74 valence electrons. The van der Waals surface area contributed by atoms with Crippen molar-refractivity contribution in [3.8, 4) is 0 Å². The van der Waals surface area contributed by atoms with Gasteiger partial charge in [-0.3, -0.25) is 5.32 Å². The molecule has 13 heavy (non-hydrogen) atoms. The molecule has 2 saturated heterocycles. The summed E-state index contributed by atoms with van der Waals surface area (Å²) in [5.41, 5.74) is 0.629. The van der Waals surface area contributed by atoms with E-state index in [1.54, 1.807) is 0 Å². The summed E-state index contributed by atoms with van der Waals surface area (Å²) < 4.78 is 6.05. The maximum atomic E-state index is 6.05. The van der Waals surface area contributed by atoms with Crippen LogP contribution in [-0.4, -0.2) is 30.4 Å². The molecule has 3 heteroatoms. The molecule has 3 aliphatic rings. The van der Waals surface area contributed by atoms with Crippen molar-refractivity contribution in [2.75, 3.05) is 24.7 Å². The van der Waals surface area contributed by atoms with Gasteiger partial charge in [0, 0.05) is 17.7 Å². The normalized spacial score (nSPS) is 42.5. The molecule has 2 heterocycles. The van der Waals surface area contributed by atoms with E-state index >= 15 is 0 Å². The lowest BCUT2D eigenvalue weighted by Crippen LogP contribution is -2.58. The zero-order valence-corrected chi connectivity index (χ0v) is 8.79. The monoisotopic (exact) mass is 199 g/mol. The molecule has 3 rings (SSSR count). The van der Waals surface area contributed by atoms with Crippen LogP contribution in [0, 0.1) is 5.41 Å². The maximum absolute atomic E-state index is 6.05. The fraction of sp³-hybridized carbons (Fsp3) is 1.00. The lowest BCUT2D eigenvalue weighted by molar-refractivity contribution is -0.113. The lowest BCUT2D eigenvalue weighted by Gasteiger charge is -2.43. The molecule has 1 atom stereocenters. The molecule has 3 fully saturated rings. The Bertz CT molecular complexity index is 197. The highest BCUT2D eigenvalue weighted by molar-refractivity contribution is 7.99. The van der Waals surface area contributed by atoms with Gasteiger partial charge in [-0.15, -0.1) is 0 Å². The first-order valence-electron chi connectivity index (χ1n) is 5.30.